The van der Waals surface area contributed by atoms with Gasteiger partial charge in [0.2, 0.25) is 0 Å². The summed E-state index contributed by atoms with van der Waals surface area (Å²) < 4.78 is 0. The molecule has 0 spiro atoms. The predicted octanol–water partition coefficient (Wildman–Crippen LogP) is 2.41. The number of nitrogens with one attached hydrogen (secondary N) is 1. The molecule has 2 aliphatic rings. The van der Waals surface area contributed by atoms with Crippen molar-refractivity contribution in [3.63, 3.8) is 0 Å². The molecule has 0 aromatic heterocycles. The average molecular weight is 345 g/mol. The standard InChI is InChI=1S/C19H27N3O3/c1-14-10-15(18(23)24)12-22(11-14)19(25)20-16-6-5-9-21(13-16)17-7-3-2-4-8-17/h2-4,7-8,14-16H,5-6,9-13H2,1H3,(H,20,25)(H,23,24). The van der Waals surface area contributed by atoms with Crippen LogP contribution in [-0.2, 0) is 4.79 Å². The highest BCUT2D eigenvalue weighted by atomic mass is 16.4. The number of carbonyl (C=O) groups is 2. The molecule has 0 bridgehead atoms. The van der Waals surface area contributed by atoms with Crippen molar-refractivity contribution in [2.24, 2.45) is 11.8 Å². The Hall–Kier alpha value is -2.24. The lowest BCUT2D eigenvalue weighted by Gasteiger charge is -2.38. The van der Waals surface area contributed by atoms with E-state index in [0.29, 0.717) is 19.5 Å². The first-order valence-corrected chi connectivity index (χ1v) is 9.11. The molecule has 2 aliphatic heterocycles. The van der Waals surface area contributed by atoms with E-state index >= 15 is 0 Å². The Morgan fingerprint density at radius 2 is 1.92 bits per heavy atom. The molecule has 1 aromatic rings. The molecule has 2 heterocycles. The Morgan fingerprint density at radius 3 is 2.64 bits per heavy atom. The van der Waals surface area contributed by atoms with Gasteiger partial charge in [0.25, 0.3) is 0 Å². The monoisotopic (exact) mass is 345 g/mol. The fraction of sp³-hybridized carbons (Fsp3) is 0.579. The lowest BCUT2D eigenvalue weighted by Crippen LogP contribution is -2.55. The molecule has 2 N–H and O–H groups in total. The van der Waals surface area contributed by atoms with Gasteiger partial charge in [-0.25, -0.2) is 4.79 Å². The van der Waals surface area contributed by atoms with E-state index in [-0.39, 0.29) is 18.0 Å². The van der Waals surface area contributed by atoms with Crippen molar-refractivity contribution >= 4 is 17.7 Å². The molecule has 2 saturated heterocycles. The maximum atomic E-state index is 12.6. The Morgan fingerprint density at radius 1 is 1.16 bits per heavy atom. The number of piperidine rings is 2. The largest absolute Gasteiger partial charge is 0.481 e. The summed E-state index contributed by atoms with van der Waals surface area (Å²) in [7, 11) is 0. The minimum atomic E-state index is -0.808. The van der Waals surface area contributed by atoms with Gasteiger partial charge in [0.1, 0.15) is 0 Å². The SMILES string of the molecule is CC1CC(C(=O)O)CN(C(=O)NC2CCCN(c3ccccc3)C2)C1. The summed E-state index contributed by atoms with van der Waals surface area (Å²) in [5, 5.41) is 12.4. The number of benzene rings is 1. The van der Waals surface area contributed by atoms with Crippen LogP contribution in [0.25, 0.3) is 0 Å². The van der Waals surface area contributed by atoms with Crippen LogP contribution in [0.5, 0.6) is 0 Å². The number of carbonyl (C=O) groups excluding carboxylic acids is 1. The zero-order valence-electron chi connectivity index (χ0n) is 14.7. The molecule has 25 heavy (non-hydrogen) atoms. The van der Waals surface area contributed by atoms with Crippen molar-refractivity contribution in [3.8, 4) is 0 Å². The summed E-state index contributed by atoms with van der Waals surface area (Å²) in [5.74, 6) is -1.05. The minimum absolute atomic E-state index is 0.0990. The Kier molecular flexibility index (Phi) is 5.46. The molecule has 6 heteroatoms. The summed E-state index contributed by atoms with van der Waals surface area (Å²) >= 11 is 0. The van der Waals surface area contributed by atoms with E-state index < -0.39 is 11.9 Å². The van der Waals surface area contributed by atoms with Gasteiger partial charge in [-0.15, -0.1) is 0 Å². The van der Waals surface area contributed by atoms with E-state index in [9.17, 15) is 14.7 Å². The van der Waals surface area contributed by atoms with Crippen LogP contribution >= 0.6 is 0 Å². The zero-order chi connectivity index (χ0) is 17.8. The van der Waals surface area contributed by atoms with Crippen molar-refractivity contribution in [1.82, 2.24) is 10.2 Å². The number of likely N-dealkylation sites (tertiary alicyclic amines) is 1. The van der Waals surface area contributed by atoms with Crippen LogP contribution in [-0.4, -0.2) is 54.2 Å². The van der Waals surface area contributed by atoms with Crippen LogP contribution in [0.2, 0.25) is 0 Å². The number of amides is 2. The van der Waals surface area contributed by atoms with E-state index in [1.165, 1.54) is 5.69 Å². The third kappa shape index (κ3) is 4.44. The fourth-order valence-electron chi connectivity index (χ4n) is 3.93. The van der Waals surface area contributed by atoms with E-state index in [2.05, 4.69) is 22.3 Å². The van der Waals surface area contributed by atoms with Crippen LogP contribution in [0.4, 0.5) is 10.5 Å². The maximum absolute atomic E-state index is 12.6. The van der Waals surface area contributed by atoms with Gasteiger partial charge < -0.3 is 20.2 Å². The summed E-state index contributed by atoms with van der Waals surface area (Å²) in [6.07, 6.45) is 2.64. The lowest BCUT2D eigenvalue weighted by molar-refractivity contribution is -0.143. The van der Waals surface area contributed by atoms with Gasteiger partial charge >= 0.3 is 12.0 Å². The van der Waals surface area contributed by atoms with Crippen LogP contribution in [0.3, 0.4) is 0 Å². The van der Waals surface area contributed by atoms with Gasteiger partial charge in [-0.1, -0.05) is 25.1 Å². The lowest BCUT2D eigenvalue weighted by atomic mass is 9.91. The number of para-hydroxylation sites is 1. The highest BCUT2D eigenvalue weighted by Gasteiger charge is 2.33. The number of rotatable bonds is 3. The Labute approximate surface area is 148 Å². The molecule has 1 aromatic carbocycles. The topological polar surface area (TPSA) is 72.9 Å². The van der Waals surface area contributed by atoms with Crippen molar-refractivity contribution in [1.29, 1.82) is 0 Å². The quantitative estimate of drug-likeness (QED) is 0.882. The van der Waals surface area contributed by atoms with E-state index in [0.717, 1.165) is 25.9 Å². The van der Waals surface area contributed by atoms with Gasteiger partial charge in [-0.05, 0) is 37.3 Å². The average Bonchev–Trinajstić information content (AvgIpc) is 2.62. The molecule has 3 atom stereocenters. The molecule has 0 saturated carbocycles. The van der Waals surface area contributed by atoms with Crippen molar-refractivity contribution < 1.29 is 14.7 Å². The normalized spacial score (nSPS) is 27.0. The number of carboxylic acids is 1. The van der Waals surface area contributed by atoms with Crippen LogP contribution in [0, 0.1) is 11.8 Å². The predicted molar refractivity (Wildman–Crippen MR) is 96.7 cm³/mol. The second-order valence-electron chi connectivity index (χ2n) is 7.35. The first-order chi connectivity index (χ1) is 12.0. The molecule has 3 unspecified atom stereocenters. The first kappa shape index (κ1) is 17.6. The molecule has 3 rings (SSSR count). The number of urea groups is 1. The highest BCUT2D eigenvalue weighted by Crippen LogP contribution is 2.23. The van der Waals surface area contributed by atoms with Gasteiger partial charge in [-0.2, -0.15) is 0 Å². The summed E-state index contributed by atoms with van der Waals surface area (Å²) in [6.45, 7) is 4.73. The Balaban J connectivity index is 1.57. The second kappa shape index (κ2) is 7.76. The molecule has 0 aliphatic carbocycles. The molecule has 6 nitrogen and oxygen atoms in total. The number of carboxylic acid groups (broad SMARTS) is 1. The van der Waals surface area contributed by atoms with Gasteiger partial charge in [-0.3, -0.25) is 4.79 Å². The third-order valence-corrected chi connectivity index (χ3v) is 5.17. The number of nitrogens with zero attached hydrogens (tertiary/aromatic N) is 2. The Bertz CT molecular complexity index is 607. The van der Waals surface area contributed by atoms with Crippen molar-refractivity contribution in [2.75, 3.05) is 31.1 Å². The van der Waals surface area contributed by atoms with Crippen molar-refractivity contribution in [2.45, 2.75) is 32.2 Å². The number of hydrogen-bond donors (Lipinski definition) is 2. The minimum Gasteiger partial charge on any atom is -0.481 e. The van der Waals surface area contributed by atoms with Crippen LogP contribution in [0.15, 0.2) is 30.3 Å². The molecule has 136 valence electrons. The molecular weight excluding hydrogens is 318 g/mol. The second-order valence-corrected chi connectivity index (χ2v) is 7.35. The van der Waals surface area contributed by atoms with Crippen LogP contribution in [0.1, 0.15) is 26.2 Å². The van der Waals surface area contributed by atoms with Crippen LogP contribution < -0.4 is 10.2 Å². The van der Waals surface area contributed by atoms with Crippen molar-refractivity contribution in [3.05, 3.63) is 30.3 Å². The van der Waals surface area contributed by atoms with E-state index in [4.69, 9.17) is 0 Å². The zero-order valence-corrected chi connectivity index (χ0v) is 14.7. The van der Waals surface area contributed by atoms with Gasteiger partial charge in [0.05, 0.1) is 5.92 Å². The summed E-state index contributed by atoms with van der Waals surface area (Å²) in [5.41, 5.74) is 1.18. The van der Waals surface area contributed by atoms with Gasteiger partial charge in [0, 0.05) is 37.9 Å². The maximum Gasteiger partial charge on any atom is 0.317 e. The summed E-state index contributed by atoms with van der Waals surface area (Å²) in [6, 6.07) is 10.2. The molecular formula is C19H27N3O3. The number of hydrogen-bond acceptors (Lipinski definition) is 3. The molecule has 2 fully saturated rings. The van der Waals surface area contributed by atoms with E-state index in [1.54, 1.807) is 4.90 Å². The first-order valence-electron chi connectivity index (χ1n) is 9.11. The fourth-order valence-corrected chi connectivity index (χ4v) is 3.93. The smallest absolute Gasteiger partial charge is 0.317 e. The third-order valence-electron chi connectivity index (χ3n) is 5.17. The van der Waals surface area contributed by atoms with E-state index in [1.807, 2.05) is 25.1 Å². The number of anilines is 1. The number of aliphatic carboxylic acids is 1. The molecule has 2 amide bonds. The highest BCUT2D eigenvalue weighted by molar-refractivity contribution is 5.77. The summed E-state index contributed by atoms with van der Waals surface area (Å²) in [4.78, 5) is 27.9. The van der Waals surface area contributed by atoms with Gasteiger partial charge in [0.15, 0.2) is 0 Å². The molecule has 0 radical (unpaired) electrons.